The predicted octanol–water partition coefficient (Wildman–Crippen LogP) is 1.04. The number of aliphatic carboxylic acids is 1. The van der Waals surface area contributed by atoms with Crippen LogP contribution in [0.5, 0.6) is 0 Å². The van der Waals surface area contributed by atoms with Crippen molar-refractivity contribution in [3.63, 3.8) is 0 Å². The molecular formula is C10H10N4O5. The van der Waals surface area contributed by atoms with Crippen LogP contribution in [-0.4, -0.2) is 39.9 Å². The van der Waals surface area contributed by atoms with Gasteiger partial charge in [0, 0.05) is 19.7 Å². The largest absolute Gasteiger partial charge is 0.481 e. The minimum atomic E-state index is -0.928. The van der Waals surface area contributed by atoms with Gasteiger partial charge in [0.05, 0.1) is 17.0 Å². The second kappa shape index (κ2) is 4.88. The Kier molecular flexibility index (Phi) is 3.27. The summed E-state index contributed by atoms with van der Waals surface area (Å²) in [5.41, 5.74) is 0.612. The molecule has 1 N–H and O–H groups in total. The molecule has 0 spiro atoms. The number of aromatic nitrogens is 2. The van der Waals surface area contributed by atoms with Crippen LogP contribution < -0.4 is 4.90 Å². The van der Waals surface area contributed by atoms with E-state index in [1.165, 1.54) is 12.1 Å². The van der Waals surface area contributed by atoms with Crippen LogP contribution in [0.3, 0.4) is 0 Å². The highest BCUT2D eigenvalue weighted by Gasteiger charge is 2.21. The summed E-state index contributed by atoms with van der Waals surface area (Å²) in [6, 6.07) is 2.78. The standard InChI is InChI=1S/C10H10N4O5/c1-13(5-4-8(15)16)6-2-3-7(14(17)18)10-9(6)11-19-12-10/h2-3H,4-5H2,1H3,(H,15,16). The number of non-ortho nitro benzene ring substituents is 1. The minimum Gasteiger partial charge on any atom is -0.481 e. The zero-order valence-electron chi connectivity index (χ0n) is 9.94. The first kappa shape index (κ1) is 12.7. The number of rotatable bonds is 5. The first-order chi connectivity index (χ1) is 9.00. The van der Waals surface area contributed by atoms with Crippen molar-refractivity contribution < 1.29 is 19.5 Å². The summed E-state index contributed by atoms with van der Waals surface area (Å²) in [6.45, 7) is 0.245. The van der Waals surface area contributed by atoms with Gasteiger partial charge in [-0.2, -0.15) is 0 Å². The molecule has 0 aliphatic carbocycles. The lowest BCUT2D eigenvalue weighted by Crippen LogP contribution is -2.21. The van der Waals surface area contributed by atoms with E-state index in [4.69, 9.17) is 5.11 Å². The quantitative estimate of drug-likeness (QED) is 0.629. The number of hydrogen-bond acceptors (Lipinski definition) is 7. The Bertz CT molecular complexity index is 638. The van der Waals surface area contributed by atoms with Crippen molar-refractivity contribution in [2.45, 2.75) is 6.42 Å². The number of nitro groups is 1. The summed E-state index contributed by atoms with van der Waals surface area (Å²) in [5, 5.41) is 26.6. The number of carbonyl (C=O) groups is 1. The van der Waals surface area contributed by atoms with Gasteiger partial charge in [-0.3, -0.25) is 14.9 Å². The van der Waals surface area contributed by atoms with Crippen molar-refractivity contribution in [2.75, 3.05) is 18.5 Å². The van der Waals surface area contributed by atoms with Gasteiger partial charge in [-0.15, -0.1) is 0 Å². The molecule has 0 aliphatic rings. The lowest BCUT2D eigenvalue weighted by Gasteiger charge is -2.17. The number of nitro benzene ring substituents is 1. The third-order valence-electron chi connectivity index (χ3n) is 2.64. The highest BCUT2D eigenvalue weighted by Crippen LogP contribution is 2.30. The fraction of sp³-hybridized carbons (Fsp3) is 0.300. The van der Waals surface area contributed by atoms with Crippen LogP contribution in [0.15, 0.2) is 16.8 Å². The molecule has 2 rings (SSSR count). The number of hydrogen-bond donors (Lipinski definition) is 1. The molecule has 19 heavy (non-hydrogen) atoms. The second-order valence-corrected chi connectivity index (χ2v) is 3.89. The Morgan fingerprint density at radius 2 is 2.16 bits per heavy atom. The Balaban J connectivity index is 2.40. The summed E-state index contributed by atoms with van der Waals surface area (Å²) >= 11 is 0. The van der Waals surface area contributed by atoms with E-state index in [0.717, 1.165) is 0 Å². The van der Waals surface area contributed by atoms with Gasteiger partial charge < -0.3 is 10.0 Å². The van der Waals surface area contributed by atoms with Crippen LogP contribution >= 0.6 is 0 Å². The molecule has 9 nitrogen and oxygen atoms in total. The average molecular weight is 266 g/mol. The maximum absolute atomic E-state index is 10.8. The van der Waals surface area contributed by atoms with E-state index in [-0.39, 0.29) is 29.7 Å². The lowest BCUT2D eigenvalue weighted by atomic mass is 10.2. The van der Waals surface area contributed by atoms with E-state index in [9.17, 15) is 14.9 Å². The Morgan fingerprint density at radius 1 is 1.47 bits per heavy atom. The molecule has 1 aromatic carbocycles. The summed E-state index contributed by atoms with van der Waals surface area (Å²) in [6.07, 6.45) is -0.0553. The van der Waals surface area contributed by atoms with E-state index >= 15 is 0 Å². The van der Waals surface area contributed by atoms with Gasteiger partial charge in [0.2, 0.25) is 5.52 Å². The fourth-order valence-corrected chi connectivity index (χ4v) is 1.68. The number of carboxylic acids is 1. The van der Waals surface area contributed by atoms with E-state index < -0.39 is 10.9 Å². The van der Waals surface area contributed by atoms with Gasteiger partial charge in [0.1, 0.15) is 0 Å². The van der Waals surface area contributed by atoms with E-state index in [1.807, 2.05) is 0 Å². The van der Waals surface area contributed by atoms with Gasteiger partial charge in [-0.25, -0.2) is 4.63 Å². The SMILES string of the molecule is CN(CCC(=O)O)c1ccc([N+](=O)[O-])c2nonc12. The third-order valence-corrected chi connectivity index (χ3v) is 2.64. The molecule has 1 aromatic heterocycles. The van der Waals surface area contributed by atoms with Crippen molar-refractivity contribution in [2.24, 2.45) is 0 Å². The zero-order valence-corrected chi connectivity index (χ0v) is 9.94. The number of fused-ring (bicyclic) bond motifs is 1. The Labute approximate surface area is 106 Å². The molecule has 0 radical (unpaired) electrons. The van der Waals surface area contributed by atoms with Crippen molar-refractivity contribution in [3.05, 3.63) is 22.2 Å². The Morgan fingerprint density at radius 3 is 2.79 bits per heavy atom. The first-order valence-electron chi connectivity index (χ1n) is 5.33. The van der Waals surface area contributed by atoms with Crippen molar-refractivity contribution in [3.8, 4) is 0 Å². The summed E-state index contributed by atoms with van der Waals surface area (Å²) in [7, 11) is 1.66. The summed E-state index contributed by atoms with van der Waals surface area (Å²) in [4.78, 5) is 22.4. The molecule has 1 heterocycles. The van der Waals surface area contributed by atoms with E-state index in [1.54, 1.807) is 11.9 Å². The van der Waals surface area contributed by atoms with Gasteiger partial charge in [0.15, 0.2) is 5.52 Å². The number of anilines is 1. The predicted molar refractivity (Wildman–Crippen MR) is 64.0 cm³/mol. The molecule has 0 aliphatic heterocycles. The van der Waals surface area contributed by atoms with E-state index in [2.05, 4.69) is 14.9 Å². The van der Waals surface area contributed by atoms with Crippen molar-refractivity contribution in [1.29, 1.82) is 0 Å². The van der Waals surface area contributed by atoms with Crippen LogP contribution in [0, 0.1) is 10.1 Å². The molecule has 9 heteroatoms. The van der Waals surface area contributed by atoms with Crippen molar-refractivity contribution in [1.82, 2.24) is 10.3 Å². The normalized spacial score (nSPS) is 10.6. The van der Waals surface area contributed by atoms with Crippen LogP contribution in [0.25, 0.3) is 11.0 Å². The number of nitrogens with zero attached hydrogens (tertiary/aromatic N) is 4. The maximum atomic E-state index is 10.8. The second-order valence-electron chi connectivity index (χ2n) is 3.89. The lowest BCUT2D eigenvalue weighted by molar-refractivity contribution is -0.383. The smallest absolute Gasteiger partial charge is 0.305 e. The first-order valence-corrected chi connectivity index (χ1v) is 5.33. The molecular weight excluding hydrogens is 256 g/mol. The number of carboxylic acid groups (broad SMARTS) is 1. The molecule has 0 saturated carbocycles. The highest BCUT2D eigenvalue weighted by molar-refractivity contribution is 5.93. The zero-order chi connectivity index (χ0) is 14.0. The minimum absolute atomic E-state index is 0.0460. The van der Waals surface area contributed by atoms with Crippen molar-refractivity contribution >= 4 is 28.4 Å². The average Bonchev–Trinajstić information content (AvgIpc) is 2.83. The van der Waals surface area contributed by atoms with Gasteiger partial charge in [-0.05, 0) is 16.4 Å². The molecule has 2 aromatic rings. The van der Waals surface area contributed by atoms with Crippen LogP contribution in [-0.2, 0) is 4.79 Å². The van der Waals surface area contributed by atoms with Gasteiger partial charge >= 0.3 is 11.7 Å². The highest BCUT2D eigenvalue weighted by atomic mass is 16.6. The number of benzene rings is 1. The maximum Gasteiger partial charge on any atom is 0.305 e. The van der Waals surface area contributed by atoms with Crippen LogP contribution in [0.4, 0.5) is 11.4 Å². The summed E-state index contributed by atoms with van der Waals surface area (Å²) < 4.78 is 4.52. The fourth-order valence-electron chi connectivity index (χ4n) is 1.68. The van der Waals surface area contributed by atoms with E-state index in [0.29, 0.717) is 5.69 Å². The molecule has 0 bridgehead atoms. The van der Waals surface area contributed by atoms with Gasteiger partial charge in [-0.1, -0.05) is 0 Å². The Hall–Kier alpha value is -2.71. The molecule has 0 fully saturated rings. The molecule has 0 atom stereocenters. The molecule has 0 amide bonds. The molecule has 100 valence electrons. The molecule has 0 unspecified atom stereocenters. The van der Waals surface area contributed by atoms with Crippen LogP contribution in [0.1, 0.15) is 6.42 Å². The molecule has 0 saturated heterocycles. The summed E-state index contributed by atoms with van der Waals surface area (Å²) in [5.74, 6) is -0.928. The topological polar surface area (TPSA) is 123 Å². The monoisotopic (exact) mass is 266 g/mol. The van der Waals surface area contributed by atoms with Crippen LogP contribution in [0.2, 0.25) is 0 Å². The third kappa shape index (κ3) is 2.44. The van der Waals surface area contributed by atoms with Gasteiger partial charge in [0.25, 0.3) is 0 Å².